The first kappa shape index (κ1) is 16.8. The van der Waals surface area contributed by atoms with Crippen molar-refractivity contribution in [1.29, 1.82) is 0 Å². The molecule has 5 heteroatoms. The van der Waals surface area contributed by atoms with Gasteiger partial charge in [0.05, 0.1) is 18.2 Å². The van der Waals surface area contributed by atoms with E-state index in [1.807, 2.05) is 42.5 Å². The van der Waals surface area contributed by atoms with Gasteiger partial charge in [-0.1, -0.05) is 56.3 Å². The molecule has 0 N–H and O–H groups in total. The summed E-state index contributed by atoms with van der Waals surface area (Å²) in [6.45, 7) is 4.46. The lowest BCUT2D eigenvalue weighted by Gasteiger charge is -2.43. The molecule has 2 aliphatic heterocycles. The number of hydrogen-bond acceptors (Lipinski definition) is 5. The number of benzene rings is 2. The van der Waals surface area contributed by atoms with E-state index in [4.69, 9.17) is 9.57 Å². The number of hydrogen-bond donors (Lipinski definition) is 0. The monoisotopic (exact) mass is 351 g/mol. The van der Waals surface area contributed by atoms with Crippen LogP contribution in [0.1, 0.15) is 41.3 Å². The van der Waals surface area contributed by atoms with Gasteiger partial charge in [-0.3, -0.25) is 9.63 Å². The van der Waals surface area contributed by atoms with Crippen LogP contribution >= 0.6 is 0 Å². The van der Waals surface area contributed by atoms with E-state index in [9.17, 15) is 9.59 Å². The summed E-state index contributed by atoms with van der Waals surface area (Å²) in [5, 5.41) is 1.60. The molecule has 26 heavy (non-hydrogen) atoms. The summed E-state index contributed by atoms with van der Waals surface area (Å²) in [5.41, 5.74) is 3.28. The van der Waals surface area contributed by atoms with E-state index < -0.39 is 17.9 Å². The molecule has 2 aliphatic rings. The number of Topliss-reactive ketones (excluding diaryl/α,β-unsaturated/α-hetero) is 1. The Morgan fingerprint density at radius 2 is 1.92 bits per heavy atom. The fraction of sp³-hybridized carbons (Fsp3) is 0.333. The minimum absolute atomic E-state index is 0.0440. The number of ether oxygens (including phenoxy) is 1. The standard InChI is InChI=1S/C21H21NO4/c1-13-11-26-22-18(21(24)25-12-15-7-4-3-5-8-15)14(2)20(23)17-10-6-9-16(13)19(17)22/h3-10,13-14,18H,11-12H2,1-2H3. The number of ketones is 1. The van der Waals surface area contributed by atoms with Crippen LogP contribution in [0.2, 0.25) is 0 Å². The van der Waals surface area contributed by atoms with Crippen molar-refractivity contribution in [3.8, 4) is 0 Å². The molecule has 0 aliphatic carbocycles. The zero-order valence-corrected chi connectivity index (χ0v) is 14.8. The van der Waals surface area contributed by atoms with Crippen molar-refractivity contribution in [3.05, 3.63) is 65.2 Å². The maximum atomic E-state index is 12.9. The normalized spacial score (nSPS) is 24.2. The van der Waals surface area contributed by atoms with Gasteiger partial charge in [-0.05, 0) is 17.2 Å². The number of anilines is 1. The van der Waals surface area contributed by atoms with Crippen molar-refractivity contribution in [1.82, 2.24) is 0 Å². The third-order valence-electron chi connectivity index (χ3n) is 5.15. The van der Waals surface area contributed by atoms with Crippen LogP contribution in [0.5, 0.6) is 0 Å². The second-order valence-electron chi connectivity index (χ2n) is 6.96. The number of carbonyl (C=O) groups excluding carboxylic acids is 2. The number of carbonyl (C=O) groups is 2. The maximum Gasteiger partial charge on any atom is 0.332 e. The molecule has 0 aromatic heterocycles. The summed E-state index contributed by atoms with van der Waals surface area (Å²) in [6, 6.07) is 14.4. The van der Waals surface area contributed by atoms with Crippen LogP contribution in [-0.4, -0.2) is 24.4 Å². The molecule has 0 saturated carbocycles. The Labute approximate surface area is 152 Å². The minimum Gasteiger partial charge on any atom is -0.459 e. The van der Waals surface area contributed by atoms with Crippen molar-refractivity contribution >= 4 is 17.4 Å². The van der Waals surface area contributed by atoms with Crippen LogP contribution in [0.4, 0.5) is 5.69 Å². The van der Waals surface area contributed by atoms with Crippen LogP contribution in [0.25, 0.3) is 0 Å². The van der Waals surface area contributed by atoms with Gasteiger partial charge in [0.1, 0.15) is 6.61 Å². The van der Waals surface area contributed by atoms with Crippen molar-refractivity contribution in [2.24, 2.45) is 5.92 Å². The number of hydroxylamine groups is 1. The summed E-state index contributed by atoms with van der Waals surface area (Å²) >= 11 is 0. The molecule has 2 aromatic carbocycles. The Kier molecular flexibility index (Phi) is 4.24. The van der Waals surface area contributed by atoms with Crippen molar-refractivity contribution in [3.63, 3.8) is 0 Å². The van der Waals surface area contributed by atoms with Gasteiger partial charge in [-0.15, -0.1) is 0 Å². The number of nitrogens with zero attached hydrogens (tertiary/aromatic N) is 1. The molecule has 5 nitrogen and oxygen atoms in total. The predicted molar refractivity (Wildman–Crippen MR) is 96.8 cm³/mol. The fourth-order valence-electron chi connectivity index (χ4n) is 3.68. The third-order valence-corrected chi connectivity index (χ3v) is 5.15. The lowest BCUT2D eigenvalue weighted by Crippen LogP contribution is -2.54. The van der Waals surface area contributed by atoms with E-state index in [2.05, 4.69) is 6.92 Å². The van der Waals surface area contributed by atoms with E-state index >= 15 is 0 Å². The highest BCUT2D eigenvalue weighted by atomic mass is 16.7. The fourth-order valence-corrected chi connectivity index (χ4v) is 3.68. The molecule has 0 saturated heterocycles. The SMILES string of the molecule is CC1CON2c3c(cccc31)C(=O)C(C)C2C(=O)OCc1ccccc1. The molecule has 0 amide bonds. The lowest BCUT2D eigenvalue weighted by atomic mass is 9.83. The van der Waals surface area contributed by atoms with Gasteiger partial charge in [0.2, 0.25) is 0 Å². The van der Waals surface area contributed by atoms with E-state index in [0.29, 0.717) is 12.2 Å². The Morgan fingerprint density at radius 3 is 2.69 bits per heavy atom. The second kappa shape index (κ2) is 6.57. The van der Waals surface area contributed by atoms with Gasteiger partial charge in [0.25, 0.3) is 0 Å². The van der Waals surface area contributed by atoms with Crippen LogP contribution in [0.3, 0.4) is 0 Å². The van der Waals surface area contributed by atoms with E-state index in [1.165, 1.54) is 0 Å². The summed E-state index contributed by atoms with van der Waals surface area (Å²) in [4.78, 5) is 31.6. The van der Waals surface area contributed by atoms with Gasteiger partial charge in [0, 0.05) is 11.5 Å². The zero-order valence-electron chi connectivity index (χ0n) is 14.8. The molecule has 0 bridgehead atoms. The van der Waals surface area contributed by atoms with E-state index in [0.717, 1.165) is 16.8 Å². The molecule has 3 unspecified atom stereocenters. The van der Waals surface area contributed by atoms with Gasteiger partial charge in [-0.2, -0.15) is 0 Å². The molecule has 2 aromatic rings. The Bertz CT molecular complexity index is 848. The van der Waals surface area contributed by atoms with Crippen molar-refractivity contribution in [2.75, 3.05) is 11.7 Å². The highest BCUT2D eigenvalue weighted by Gasteiger charge is 2.46. The number of esters is 1. The third kappa shape index (κ3) is 2.69. The molecule has 134 valence electrons. The average Bonchev–Trinajstić information content (AvgIpc) is 2.67. The lowest BCUT2D eigenvalue weighted by molar-refractivity contribution is -0.150. The van der Waals surface area contributed by atoms with Crippen LogP contribution < -0.4 is 5.06 Å². The van der Waals surface area contributed by atoms with Gasteiger partial charge >= 0.3 is 5.97 Å². The van der Waals surface area contributed by atoms with Crippen molar-refractivity contribution in [2.45, 2.75) is 32.4 Å². The highest BCUT2D eigenvalue weighted by molar-refractivity contribution is 6.08. The first-order valence-corrected chi connectivity index (χ1v) is 8.87. The van der Waals surface area contributed by atoms with Gasteiger partial charge in [-0.25, -0.2) is 9.86 Å². The van der Waals surface area contributed by atoms with Crippen molar-refractivity contribution < 1.29 is 19.2 Å². The Hall–Kier alpha value is -2.66. The van der Waals surface area contributed by atoms with E-state index in [-0.39, 0.29) is 18.3 Å². The molecule has 0 spiro atoms. The molecular weight excluding hydrogens is 330 g/mol. The first-order valence-electron chi connectivity index (χ1n) is 8.87. The van der Waals surface area contributed by atoms with Gasteiger partial charge in [0.15, 0.2) is 11.8 Å². The maximum absolute atomic E-state index is 12.9. The predicted octanol–water partition coefficient (Wildman–Crippen LogP) is 3.49. The highest BCUT2D eigenvalue weighted by Crippen LogP contribution is 2.43. The summed E-state index contributed by atoms with van der Waals surface area (Å²) in [7, 11) is 0. The largest absolute Gasteiger partial charge is 0.459 e. The Morgan fingerprint density at radius 1 is 1.15 bits per heavy atom. The zero-order chi connectivity index (χ0) is 18.3. The Balaban J connectivity index is 1.64. The molecule has 0 radical (unpaired) electrons. The van der Waals surface area contributed by atoms with E-state index in [1.54, 1.807) is 18.1 Å². The smallest absolute Gasteiger partial charge is 0.332 e. The number of rotatable bonds is 3. The first-order chi connectivity index (χ1) is 12.6. The minimum atomic E-state index is -0.771. The molecule has 2 heterocycles. The second-order valence-corrected chi connectivity index (χ2v) is 6.96. The topological polar surface area (TPSA) is 55.8 Å². The van der Waals surface area contributed by atoms with Gasteiger partial charge < -0.3 is 4.74 Å². The summed E-state index contributed by atoms with van der Waals surface area (Å²) in [6.07, 6.45) is 0. The van der Waals surface area contributed by atoms with Crippen LogP contribution in [-0.2, 0) is 21.0 Å². The van der Waals surface area contributed by atoms with Crippen LogP contribution in [0.15, 0.2) is 48.5 Å². The summed E-state index contributed by atoms with van der Waals surface area (Å²) in [5.74, 6) is -0.847. The van der Waals surface area contributed by atoms with Crippen LogP contribution in [0, 0.1) is 5.92 Å². The molecular formula is C21H21NO4. The average molecular weight is 351 g/mol. The molecule has 0 fully saturated rings. The molecule has 3 atom stereocenters. The quantitative estimate of drug-likeness (QED) is 0.793. The number of para-hydroxylation sites is 1. The molecule has 4 rings (SSSR count). The summed E-state index contributed by atoms with van der Waals surface area (Å²) < 4.78 is 5.51.